The number of hydrogen-bond donors (Lipinski definition) is 0. The number of aromatic nitrogens is 2. The van der Waals surface area contributed by atoms with Gasteiger partial charge in [-0.25, -0.2) is 4.98 Å². The van der Waals surface area contributed by atoms with E-state index < -0.39 is 0 Å². The lowest BCUT2D eigenvalue weighted by molar-refractivity contribution is 0.0611. The van der Waals surface area contributed by atoms with Crippen LogP contribution in [-0.2, 0) is 22.4 Å². The van der Waals surface area contributed by atoms with Crippen LogP contribution in [0.25, 0.3) is 11.0 Å². The summed E-state index contributed by atoms with van der Waals surface area (Å²) in [6.07, 6.45) is 2.32. The maximum absolute atomic E-state index is 5.54. The SMILES string of the molecule is CC(C)SCc1ccc2c(c1)nc(C(C)(C)C)n2CC1CCOCC1. The summed E-state index contributed by atoms with van der Waals surface area (Å²) in [5.74, 6) is 2.97. The molecule has 3 nitrogen and oxygen atoms in total. The Bertz CT molecular complexity index is 708. The van der Waals surface area contributed by atoms with Crippen LogP contribution in [0.15, 0.2) is 18.2 Å². The molecule has 1 saturated heterocycles. The fourth-order valence-electron chi connectivity index (χ4n) is 3.47. The molecule has 1 fully saturated rings. The highest BCUT2D eigenvalue weighted by Crippen LogP contribution is 2.30. The predicted octanol–water partition coefficient (Wildman–Crippen LogP) is 5.40. The summed E-state index contributed by atoms with van der Waals surface area (Å²) in [7, 11) is 0. The van der Waals surface area contributed by atoms with Crippen LogP contribution < -0.4 is 0 Å². The predicted molar refractivity (Wildman–Crippen MR) is 108 cm³/mol. The lowest BCUT2D eigenvalue weighted by Gasteiger charge is -2.26. The molecule has 0 saturated carbocycles. The van der Waals surface area contributed by atoms with E-state index in [1.165, 1.54) is 16.9 Å². The molecule has 0 bridgehead atoms. The van der Waals surface area contributed by atoms with Gasteiger partial charge in [-0.3, -0.25) is 0 Å². The second-order valence-corrected chi connectivity index (χ2v) is 10.1. The van der Waals surface area contributed by atoms with Crippen LogP contribution in [0.4, 0.5) is 0 Å². The molecule has 4 heteroatoms. The minimum Gasteiger partial charge on any atom is -0.381 e. The Kier molecular flexibility index (Phi) is 5.79. The van der Waals surface area contributed by atoms with Crippen LogP contribution >= 0.6 is 11.8 Å². The van der Waals surface area contributed by atoms with Gasteiger partial charge in [0.2, 0.25) is 0 Å². The van der Waals surface area contributed by atoms with Gasteiger partial charge >= 0.3 is 0 Å². The molecule has 0 radical (unpaired) electrons. The number of nitrogens with zero attached hydrogens (tertiary/aromatic N) is 2. The molecule has 0 spiro atoms. The minimum atomic E-state index is 0.0526. The van der Waals surface area contributed by atoms with E-state index in [4.69, 9.17) is 9.72 Å². The molecule has 2 aromatic rings. The second-order valence-electron chi connectivity index (χ2n) is 8.53. The van der Waals surface area contributed by atoms with Gasteiger partial charge in [0, 0.05) is 30.9 Å². The van der Waals surface area contributed by atoms with Crippen molar-refractivity contribution in [3.05, 3.63) is 29.6 Å². The molecule has 2 heterocycles. The Hall–Kier alpha value is -1.00. The molecule has 1 aromatic heterocycles. The fourth-order valence-corrected chi connectivity index (χ4v) is 4.18. The molecule has 25 heavy (non-hydrogen) atoms. The molecule has 1 aliphatic heterocycles. The molecule has 0 unspecified atom stereocenters. The largest absolute Gasteiger partial charge is 0.381 e. The van der Waals surface area contributed by atoms with Crippen molar-refractivity contribution in [3.8, 4) is 0 Å². The monoisotopic (exact) mass is 360 g/mol. The first-order valence-corrected chi connectivity index (χ1v) is 10.6. The first-order chi connectivity index (χ1) is 11.8. The van der Waals surface area contributed by atoms with Gasteiger partial charge in [0.15, 0.2) is 0 Å². The van der Waals surface area contributed by atoms with Crippen LogP contribution in [0, 0.1) is 5.92 Å². The lowest BCUT2D eigenvalue weighted by Crippen LogP contribution is -2.25. The molecule has 138 valence electrons. The van der Waals surface area contributed by atoms with Gasteiger partial charge in [0.25, 0.3) is 0 Å². The molecule has 1 aliphatic rings. The molecule has 3 rings (SSSR count). The van der Waals surface area contributed by atoms with Crippen molar-refractivity contribution in [1.29, 1.82) is 0 Å². The summed E-state index contributed by atoms with van der Waals surface area (Å²) in [5, 5.41) is 0.659. The highest BCUT2D eigenvalue weighted by Gasteiger charge is 2.25. The Morgan fingerprint density at radius 2 is 1.96 bits per heavy atom. The Morgan fingerprint density at radius 1 is 1.24 bits per heavy atom. The summed E-state index contributed by atoms with van der Waals surface area (Å²) in [6.45, 7) is 14.2. The van der Waals surface area contributed by atoms with Crippen molar-refractivity contribution >= 4 is 22.8 Å². The van der Waals surface area contributed by atoms with Crippen LogP contribution in [0.2, 0.25) is 0 Å². The average Bonchev–Trinajstić information content (AvgIpc) is 2.92. The molecule has 0 N–H and O–H groups in total. The van der Waals surface area contributed by atoms with E-state index in [2.05, 4.69) is 57.4 Å². The van der Waals surface area contributed by atoms with Gasteiger partial charge in [-0.05, 0) is 41.7 Å². The standard InChI is InChI=1S/C21H32N2OS/c1-15(2)25-14-17-6-7-19-18(12-17)22-20(21(3,4)5)23(19)13-16-8-10-24-11-9-16/h6-7,12,15-16H,8-11,13-14H2,1-5H3. The van der Waals surface area contributed by atoms with Gasteiger partial charge in [-0.15, -0.1) is 0 Å². The number of benzene rings is 1. The van der Waals surface area contributed by atoms with Crippen molar-refractivity contribution in [2.75, 3.05) is 13.2 Å². The van der Waals surface area contributed by atoms with E-state index >= 15 is 0 Å². The maximum atomic E-state index is 5.54. The van der Waals surface area contributed by atoms with E-state index in [0.717, 1.165) is 43.9 Å². The summed E-state index contributed by atoms with van der Waals surface area (Å²) in [4.78, 5) is 5.06. The van der Waals surface area contributed by atoms with Crippen LogP contribution in [-0.4, -0.2) is 28.0 Å². The third kappa shape index (κ3) is 4.59. The Balaban J connectivity index is 1.94. The van der Waals surface area contributed by atoms with Crippen molar-refractivity contribution in [2.24, 2.45) is 5.92 Å². The topological polar surface area (TPSA) is 27.1 Å². The third-order valence-corrected chi connectivity index (χ3v) is 6.02. The molecular formula is C21H32N2OS. The number of hydrogen-bond acceptors (Lipinski definition) is 3. The van der Waals surface area contributed by atoms with Crippen LogP contribution in [0.1, 0.15) is 58.8 Å². The van der Waals surface area contributed by atoms with E-state index in [0.29, 0.717) is 11.2 Å². The van der Waals surface area contributed by atoms with E-state index in [9.17, 15) is 0 Å². The highest BCUT2D eigenvalue weighted by molar-refractivity contribution is 7.99. The van der Waals surface area contributed by atoms with Gasteiger partial charge < -0.3 is 9.30 Å². The number of rotatable bonds is 5. The highest BCUT2D eigenvalue weighted by atomic mass is 32.2. The van der Waals surface area contributed by atoms with E-state index in [1.54, 1.807) is 0 Å². The summed E-state index contributed by atoms with van der Waals surface area (Å²) in [5.41, 5.74) is 3.87. The van der Waals surface area contributed by atoms with Crippen molar-refractivity contribution in [3.63, 3.8) is 0 Å². The van der Waals surface area contributed by atoms with Crippen molar-refractivity contribution in [1.82, 2.24) is 9.55 Å². The molecule has 0 atom stereocenters. The van der Waals surface area contributed by atoms with Gasteiger partial charge in [0.1, 0.15) is 5.82 Å². The van der Waals surface area contributed by atoms with Crippen molar-refractivity contribution < 1.29 is 4.74 Å². The normalized spacial score (nSPS) is 16.9. The number of thioether (sulfide) groups is 1. The zero-order valence-electron chi connectivity index (χ0n) is 16.3. The average molecular weight is 361 g/mol. The molecular weight excluding hydrogens is 328 g/mol. The van der Waals surface area contributed by atoms with E-state index in [-0.39, 0.29) is 5.41 Å². The Labute approximate surface area is 156 Å². The summed E-state index contributed by atoms with van der Waals surface area (Å²) < 4.78 is 8.02. The van der Waals surface area contributed by atoms with Crippen LogP contribution in [0.3, 0.4) is 0 Å². The molecule has 0 amide bonds. The zero-order chi connectivity index (χ0) is 18.0. The zero-order valence-corrected chi connectivity index (χ0v) is 17.2. The van der Waals surface area contributed by atoms with Gasteiger partial charge in [0.05, 0.1) is 11.0 Å². The fraction of sp³-hybridized carbons (Fsp3) is 0.667. The number of ether oxygens (including phenoxy) is 1. The first kappa shape index (κ1) is 18.8. The number of fused-ring (bicyclic) bond motifs is 1. The van der Waals surface area contributed by atoms with Crippen molar-refractivity contribution in [2.45, 2.75) is 70.4 Å². The van der Waals surface area contributed by atoms with Gasteiger partial charge in [-0.1, -0.05) is 40.7 Å². The first-order valence-electron chi connectivity index (χ1n) is 9.53. The summed E-state index contributed by atoms with van der Waals surface area (Å²) >= 11 is 1.99. The second kappa shape index (κ2) is 7.71. The minimum absolute atomic E-state index is 0.0526. The van der Waals surface area contributed by atoms with Gasteiger partial charge in [-0.2, -0.15) is 11.8 Å². The number of imidazole rings is 1. The van der Waals surface area contributed by atoms with E-state index in [1.807, 2.05) is 11.8 Å². The molecule has 0 aliphatic carbocycles. The third-order valence-electron chi connectivity index (χ3n) is 4.85. The maximum Gasteiger partial charge on any atom is 0.115 e. The molecule has 1 aromatic carbocycles. The lowest BCUT2D eigenvalue weighted by atomic mass is 9.94. The Morgan fingerprint density at radius 3 is 2.60 bits per heavy atom. The van der Waals surface area contributed by atoms with Crippen LogP contribution in [0.5, 0.6) is 0 Å². The summed E-state index contributed by atoms with van der Waals surface area (Å²) in [6, 6.07) is 6.86. The quantitative estimate of drug-likeness (QED) is 0.714. The smallest absolute Gasteiger partial charge is 0.115 e.